The monoisotopic (exact) mass is 543 g/mol. The van der Waals surface area contributed by atoms with Gasteiger partial charge in [0, 0.05) is 30.6 Å². The Bertz CT molecular complexity index is 1420. The van der Waals surface area contributed by atoms with Gasteiger partial charge in [-0.05, 0) is 47.2 Å². The first-order chi connectivity index (χ1) is 18.9. The molecular formula is C31H33N3O4S. The third-order valence-electron chi connectivity index (χ3n) is 8.68. The van der Waals surface area contributed by atoms with Crippen molar-refractivity contribution < 1.29 is 19.5 Å². The summed E-state index contributed by atoms with van der Waals surface area (Å²) in [6, 6.07) is 22.8. The van der Waals surface area contributed by atoms with Crippen molar-refractivity contribution in [2.24, 2.45) is 17.8 Å². The molecule has 0 aromatic heterocycles. The zero-order chi connectivity index (χ0) is 27.1. The molecule has 3 aromatic rings. The summed E-state index contributed by atoms with van der Waals surface area (Å²) in [6.45, 7) is 2.71. The fourth-order valence-corrected chi connectivity index (χ4v) is 9.40. The van der Waals surface area contributed by atoms with Crippen LogP contribution in [0.5, 0.6) is 0 Å². The second-order valence-corrected chi connectivity index (χ2v) is 12.5. The summed E-state index contributed by atoms with van der Waals surface area (Å²) in [5, 5.41) is 17.8. The van der Waals surface area contributed by atoms with Crippen LogP contribution in [0.4, 0.5) is 5.69 Å². The Morgan fingerprint density at radius 3 is 2.54 bits per heavy atom. The van der Waals surface area contributed by atoms with Gasteiger partial charge in [-0.3, -0.25) is 14.4 Å². The zero-order valence-electron chi connectivity index (χ0n) is 21.9. The number of amides is 3. The predicted molar refractivity (Wildman–Crippen MR) is 153 cm³/mol. The summed E-state index contributed by atoms with van der Waals surface area (Å²) in [5.74, 6) is -1.48. The predicted octanol–water partition coefficient (Wildman–Crippen LogP) is 3.81. The van der Waals surface area contributed by atoms with Crippen molar-refractivity contribution >= 4 is 45.9 Å². The molecule has 3 N–H and O–H groups in total. The van der Waals surface area contributed by atoms with Crippen molar-refractivity contribution in [2.75, 3.05) is 18.5 Å². The SMILES string of the molecule is CC1C[C@@H]2SC13C(C(=O)Nc1ccc4ccccc4c1)N(CCCO)C(=O)[C@@H]3[C@@H]2C(=O)NCc1ccccc1. The summed E-state index contributed by atoms with van der Waals surface area (Å²) in [5.41, 5.74) is 1.68. The second kappa shape index (κ2) is 10.3. The van der Waals surface area contributed by atoms with Crippen LogP contribution in [0, 0.1) is 17.8 Å². The molecule has 2 bridgehead atoms. The molecule has 39 heavy (non-hydrogen) atoms. The number of hydrogen-bond donors (Lipinski definition) is 3. The maximum atomic E-state index is 14.0. The molecule has 3 amide bonds. The van der Waals surface area contributed by atoms with Crippen molar-refractivity contribution in [3.8, 4) is 0 Å². The van der Waals surface area contributed by atoms with E-state index in [0.717, 1.165) is 22.8 Å². The highest BCUT2D eigenvalue weighted by molar-refractivity contribution is 8.02. The van der Waals surface area contributed by atoms with Crippen LogP contribution < -0.4 is 10.6 Å². The lowest BCUT2D eigenvalue weighted by molar-refractivity contribution is -0.139. The van der Waals surface area contributed by atoms with E-state index in [2.05, 4.69) is 17.6 Å². The van der Waals surface area contributed by atoms with Gasteiger partial charge in [-0.15, -0.1) is 11.8 Å². The van der Waals surface area contributed by atoms with E-state index in [9.17, 15) is 19.5 Å². The average Bonchev–Trinajstić information content (AvgIpc) is 3.54. The molecule has 3 saturated heterocycles. The highest BCUT2D eigenvalue weighted by Crippen LogP contribution is 2.68. The molecule has 3 aliphatic heterocycles. The summed E-state index contributed by atoms with van der Waals surface area (Å²) in [7, 11) is 0. The zero-order valence-corrected chi connectivity index (χ0v) is 22.7. The topological polar surface area (TPSA) is 98.7 Å². The van der Waals surface area contributed by atoms with E-state index in [0.29, 0.717) is 18.7 Å². The van der Waals surface area contributed by atoms with Gasteiger partial charge in [0.05, 0.1) is 16.6 Å². The molecule has 202 valence electrons. The Labute approximate surface area is 232 Å². The normalized spacial score (nSPS) is 29.0. The molecule has 6 atom stereocenters. The van der Waals surface area contributed by atoms with Gasteiger partial charge < -0.3 is 20.6 Å². The lowest BCUT2D eigenvalue weighted by Gasteiger charge is -2.38. The number of thioether (sulfide) groups is 1. The number of hydrogen-bond acceptors (Lipinski definition) is 5. The van der Waals surface area contributed by atoms with Gasteiger partial charge >= 0.3 is 0 Å². The molecule has 8 heteroatoms. The summed E-state index contributed by atoms with van der Waals surface area (Å²) in [6.07, 6.45) is 1.16. The van der Waals surface area contributed by atoms with Crippen LogP contribution in [0.3, 0.4) is 0 Å². The first kappa shape index (κ1) is 25.9. The molecule has 6 rings (SSSR count). The van der Waals surface area contributed by atoms with Crippen molar-refractivity contribution in [3.05, 3.63) is 78.4 Å². The smallest absolute Gasteiger partial charge is 0.248 e. The first-order valence-corrected chi connectivity index (χ1v) is 14.5. The van der Waals surface area contributed by atoms with E-state index >= 15 is 0 Å². The molecule has 3 heterocycles. The van der Waals surface area contributed by atoms with E-state index in [1.807, 2.05) is 72.8 Å². The molecule has 0 radical (unpaired) electrons. The molecule has 0 saturated carbocycles. The lowest BCUT2D eigenvalue weighted by atomic mass is 9.66. The molecule has 7 nitrogen and oxygen atoms in total. The molecule has 3 fully saturated rings. The highest BCUT2D eigenvalue weighted by Gasteiger charge is 2.75. The molecule has 1 spiro atoms. The highest BCUT2D eigenvalue weighted by atomic mass is 32.2. The minimum Gasteiger partial charge on any atom is -0.396 e. The van der Waals surface area contributed by atoms with E-state index in [-0.39, 0.29) is 42.0 Å². The van der Waals surface area contributed by atoms with Gasteiger partial charge in [0.15, 0.2) is 0 Å². The van der Waals surface area contributed by atoms with Crippen molar-refractivity contribution in [1.82, 2.24) is 10.2 Å². The Morgan fingerprint density at radius 2 is 1.77 bits per heavy atom. The van der Waals surface area contributed by atoms with Crippen LogP contribution >= 0.6 is 11.8 Å². The Morgan fingerprint density at radius 1 is 1.03 bits per heavy atom. The molecule has 0 aliphatic carbocycles. The third-order valence-corrected chi connectivity index (χ3v) is 10.8. The Kier molecular flexibility index (Phi) is 6.85. The largest absolute Gasteiger partial charge is 0.396 e. The number of rotatable bonds is 8. The van der Waals surface area contributed by atoms with Crippen LogP contribution in [0.2, 0.25) is 0 Å². The van der Waals surface area contributed by atoms with E-state index in [1.165, 1.54) is 0 Å². The maximum absolute atomic E-state index is 14.0. The fourth-order valence-electron chi connectivity index (χ4n) is 6.98. The van der Waals surface area contributed by atoms with Crippen LogP contribution in [0.15, 0.2) is 72.8 Å². The Balaban J connectivity index is 1.30. The van der Waals surface area contributed by atoms with Crippen LogP contribution in [0.1, 0.15) is 25.3 Å². The Hall–Kier alpha value is -3.36. The standard InChI is InChI=1S/C31H33N3O4S/c1-19-16-24-25(28(36)32-18-20-8-3-2-4-9-20)26-30(38)34(14-7-15-35)27(31(19,26)39-24)29(37)33-23-13-12-21-10-5-6-11-22(21)17-23/h2-6,8-13,17,19,24-27,35H,7,14-16,18H2,1H3,(H,32,36)(H,33,37)/t19?,24-,25+,26-,27?,31?/m0/s1. The second-order valence-electron chi connectivity index (χ2n) is 10.9. The van der Waals surface area contributed by atoms with Crippen molar-refractivity contribution in [2.45, 2.75) is 42.3 Å². The molecular weight excluding hydrogens is 510 g/mol. The van der Waals surface area contributed by atoms with Crippen LogP contribution in [-0.2, 0) is 20.9 Å². The molecule has 3 aromatic carbocycles. The number of benzene rings is 3. The number of likely N-dealkylation sites (tertiary alicyclic amines) is 1. The van der Waals surface area contributed by atoms with Gasteiger partial charge in [-0.2, -0.15) is 0 Å². The number of aliphatic hydroxyl groups is 1. The van der Waals surface area contributed by atoms with Crippen LogP contribution in [0.25, 0.3) is 10.8 Å². The van der Waals surface area contributed by atoms with E-state index < -0.39 is 22.6 Å². The maximum Gasteiger partial charge on any atom is 0.248 e. The van der Waals surface area contributed by atoms with Gasteiger partial charge in [0.1, 0.15) is 6.04 Å². The minimum absolute atomic E-state index is 0.0133. The van der Waals surface area contributed by atoms with Gasteiger partial charge in [0.2, 0.25) is 17.7 Å². The van der Waals surface area contributed by atoms with Crippen LogP contribution in [-0.4, -0.2) is 56.9 Å². The van der Waals surface area contributed by atoms with Gasteiger partial charge in [0.25, 0.3) is 0 Å². The quantitative estimate of drug-likeness (QED) is 0.401. The van der Waals surface area contributed by atoms with Crippen molar-refractivity contribution in [3.63, 3.8) is 0 Å². The van der Waals surface area contributed by atoms with Gasteiger partial charge in [-0.25, -0.2) is 0 Å². The number of carbonyl (C=O) groups excluding carboxylic acids is 3. The number of fused-ring (bicyclic) bond motifs is 2. The minimum atomic E-state index is -0.718. The first-order valence-electron chi connectivity index (χ1n) is 13.6. The number of anilines is 1. The summed E-state index contributed by atoms with van der Waals surface area (Å²) >= 11 is 1.66. The summed E-state index contributed by atoms with van der Waals surface area (Å²) in [4.78, 5) is 43.3. The van der Waals surface area contributed by atoms with E-state index in [1.54, 1.807) is 16.7 Å². The average molecular weight is 544 g/mol. The number of aliphatic hydroxyl groups excluding tert-OH is 1. The van der Waals surface area contributed by atoms with Gasteiger partial charge in [-0.1, -0.05) is 67.6 Å². The fraction of sp³-hybridized carbons (Fsp3) is 0.387. The van der Waals surface area contributed by atoms with E-state index in [4.69, 9.17) is 0 Å². The number of nitrogens with zero attached hydrogens (tertiary/aromatic N) is 1. The lowest BCUT2D eigenvalue weighted by Crippen LogP contribution is -2.55. The third kappa shape index (κ3) is 4.30. The molecule has 3 unspecified atom stereocenters. The van der Waals surface area contributed by atoms with Crippen molar-refractivity contribution in [1.29, 1.82) is 0 Å². The number of carbonyl (C=O) groups is 3. The molecule has 3 aliphatic rings. The number of nitrogens with one attached hydrogen (secondary N) is 2. The summed E-state index contributed by atoms with van der Waals surface area (Å²) < 4.78 is -0.688.